The Balaban J connectivity index is 1.72. The van der Waals surface area contributed by atoms with Gasteiger partial charge >= 0.3 is 0 Å². The smallest absolute Gasteiger partial charge is 0.272 e. The summed E-state index contributed by atoms with van der Waals surface area (Å²) in [5, 5.41) is 3.10. The average molecular weight is 376 g/mol. The van der Waals surface area contributed by atoms with Crippen LogP contribution in [0.2, 0.25) is 0 Å². The van der Waals surface area contributed by atoms with Crippen molar-refractivity contribution in [3.8, 4) is 5.75 Å². The highest BCUT2D eigenvalue weighted by Crippen LogP contribution is 2.21. The molecule has 9 heteroatoms. The summed E-state index contributed by atoms with van der Waals surface area (Å²) in [6.07, 6.45) is 1.75. The van der Waals surface area contributed by atoms with Gasteiger partial charge in [0, 0.05) is 24.8 Å². The highest BCUT2D eigenvalue weighted by atomic mass is 32.2. The van der Waals surface area contributed by atoms with Crippen LogP contribution >= 0.6 is 0 Å². The standard InChI is InChI=1S/C17H20N4O4S/c1-21(13-7-8-26(23,24)10-13)17(22)15-9-16(19-11-18-15)20-12-3-5-14(25-2)6-4-12/h3-6,9,11,13H,7-8,10H2,1-2H3,(H,18,19,20). The molecule has 1 unspecified atom stereocenters. The van der Waals surface area contributed by atoms with E-state index in [2.05, 4.69) is 15.3 Å². The topological polar surface area (TPSA) is 101 Å². The molecule has 2 heterocycles. The molecule has 1 aromatic carbocycles. The molecule has 0 aliphatic carbocycles. The summed E-state index contributed by atoms with van der Waals surface area (Å²) in [6.45, 7) is 0. The SMILES string of the molecule is COc1ccc(Nc2cc(C(=O)N(C)C3CCS(=O)(=O)C3)ncn2)cc1. The molecule has 138 valence electrons. The lowest BCUT2D eigenvalue weighted by molar-refractivity contribution is 0.0741. The predicted molar refractivity (Wildman–Crippen MR) is 97.5 cm³/mol. The predicted octanol–water partition coefficient (Wildman–Crippen LogP) is 1.49. The van der Waals surface area contributed by atoms with E-state index < -0.39 is 9.84 Å². The van der Waals surface area contributed by atoms with Crippen LogP contribution in [-0.2, 0) is 9.84 Å². The van der Waals surface area contributed by atoms with Crippen LogP contribution in [0.4, 0.5) is 11.5 Å². The number of anilines is 2. The third kappa shape index (κ3) is 4.10. The van der Waals surface area contributed by atoms with Gasteiger partial charge in [0.15, 0.2) is 9.84 Å². The highest BCUT2D eigenvalue weighted by molar-refractivity contribution is 7.91. The monoisotopic (exact) mass is 376 g/mol. The van der Waals surface area contributed by atoms with E-state index in [1.165, 1.54) is 11.2 Å². The van der Waals surface area contributed by atoms with Gasteiger partial charge in [-0.05, 0) is 30.7 Å². The minimum Gasteiger partial charge on any atom is -0.497 e. The number of benzene rings is 1. The Morgan fingerprint density at radius 3 is 2.62 bits per heavy atom. The fourth-order valence-electron chi connectivity index (χ4n) is 2.79. The van der Waals surface area contributed by atoms with Crippen molar-refractivity contribution >= 4 is 27.2 Å². The van der Waals surface area contributed by atoms with E-state index in [1.807, 2.05) is 24.3 Å². The first-order valence-electron chi connectivity index (χ1n) is 8.09. The van der Waals surface area contributed by atoms with Crippen molar-refractivity contribution in [1.82, 2.24) is 14.9 Å². The van der Waals surface area contributed by atoms with Crippen LogP contribution in [0.3, 0.4) is 0 Å². The van der Waals surface area contributed by atoms with Crippen LogP contribution < -0.4 is 10.1 Å². The number of nitrogens with zero attached hydrogens (tertiary/aromatic N) is 3. The summed E-state index contributed by atoms with van der Waals surface area (Å²) in [5.74, 6) is 0.996. The van der Waals surface area contributed by atoms with Crippen molar-refractivity contribution < 1.29 is 17.9 Å². The maximum absolute atomic E-state index is 12.6. The molecular formula is C17H20N4O4S. The van der Waals surface area contributed by atoms with E-state index in [0.29, 0.717) is 12.2 Å². The number of sulfone groups is 1. The molecule has 1 amide bonds. The lowest BCUT2D eigenvalue weighted by Gasteiger charge is -2.23. The second-order valence-corrected chi connectivity index (χ2v) is 8.34. The zero-order valence-corrected chi connectivity index (χ0v) is 15.4. The summed E-state index contributed by atoms with van der Waals surface area (Å²) in [7, 11) is 0.138. The Kier molecular flexibility index (Phi) is 5.08. The molecular weight excluding hydrogens is 356 g/mol. The first kappa shape index (κ1) is 18.1. The second kappa shape index (κ2) is 7.28. The lowest BCUT2D eigenvalue weighted by Crippen LogP contribution is -2.38. The van der Waals surface area contributed by atoms with Crippen molar-refractivity contribution in [1.29, 1.82) is 0 Å². The van der Waals surface area contributed by atoms with Gasteiger partial charge < -0.3 is 15.0 Å². The Hall–Kier alpha value is -2.68. The number of carbonyl (C=O) groups is 1. The number of hydrogen-bond acceptors (Lipinski definition) is 7. The number of rotatable bonds is 5. The van der Waals surface area contributed by atoms with E-state index in [4.69, 9.17) is 4.74 Å². The molecule has 0 spiro atoms. The van der Waals surface area contributed by atoms with Crippen LogP contribution in [-0.4, -0.2) is 60.9 Å². The minimum absolute atomic E-state index is 0.00270. The van der Waals surface area contributed by atoms with Crippen molar-refractivity contribution in [3.05, 3.63) is 42.4 Å². The van der Waals surface area contributed by atoms with Crippen LogP contribution in [0.1, 0.15) is 16.9 Å². The normalized spacial score (nSPS) is 18.3. The molecule has 26 heavy (non-hydrogen) atoms. The van der Waals surface area contributed by atoms with Gasteiger partial charge in [0.1, 0.15) is 23.6 Å². The van der Waals surface area contributed by atoms with E-state index in [9.17, 15) is 13.2 Å². The Bertz CT molecular complexity index is 899. The first-order chi connectivity index (χ1) is 12.4. The largest absolute Gasteiger partial charge is 0.497 e. The van der Waals surface area contributed by atoms with Crippen LogP contribution in [0, 0.1) is 0 Å². The first-order valence-corrected chi connectivity index (χ1v) is 9.91. The quantitative estimate of drug-likeness (QED) is 0.843. The maximum Gasteiger partial charge on any atom is 0.272 e. The molecule has 8 nitrogen and oxygen atoms in total. The van der Waals surface area contributed by atoms with Gasteiger partial charge in [-0.2, -0.15) is 0 Å². The van der Waals surface area contributed by atoms with Crippen molar-refractivity contribution in [2.45, 2.75) is 12.5 Å². The minimum atomic E-state index is -3.06. The number of methoxy groups -OCH3 is 1. The number of aromatic nitrogens is 2. The molecule has 1 aliphatic rings. The zero-order valence-electron chi connectivity index (χ0n) is 14.5. The number of carbonyl (C=O) groups excluding carboxylic acids is 1. The van der Waals surface area contributed by atoms with Crippen LogP contribution in [0.25, 0.3) is 0 Å². The molecule has 1 atom stereocenters. The van der Waals surface area contributed by atoms with Gasteiger partial charge in [0.25, 0.3) is 5.91 Å². The summed E-state index contributed by atoms with van der Waals surface area (Å²) in [5.41, 5.74) is 1.00. The summed E-state index contributed by atoms with van der Waals surface area (Å²) in [6, 6.07) is 8.51. The van der Waals surface area contributed by atoms with E-state index in [0.717, 1.165) is 11.4 Å². The molecule has 3 rings (SSSR count). The van der Waals surface area contributed by atoms with Gasteiger partial charge in [-0.15, -0.1) is 0 Å². The number of hydrogen-bond donors (Lipinski definition) is 1. The van der Waals surface area contributed by atoms with E-state index in [1.54, 1.807) is 20.2 Å². The maximum atomic E-state index is 12.6. The summed E-state index contributed by atoms with van der Waals surface area (Å²) in [4.78, 5) is 22.2. The van der Waals surface area contributed by atoms with Crippen molar-refractivity contribution in [2.24, 2.45) is 0 Å². The molecule has 2 aromatic rings. The van der Waals surface area contributed by atoms with Gasteiger partial charge in [0.05, 0.1) is 18.6 Å². The molecule has 1 aliphatic heterocycles. The summed E-state index contributed by atoms with van der Waals surface area (Å²) >= 11 is 0. The molecule has 1 N–H and O–H groups in total. The van der Waals surface area contributed by atoms with Gasteiger partial charge in [-0.1, -0.05) is 0 Å². The van der Waals surface area contributed by atoms with Gasteiger partial charge in [-0.3, -0.25) is 4.79 Å². The van der Waals surface area contributed by atoms with Crippen LogP contribution in [0.5, 0.6) is 5.75 Å². The molecule has 1 fully saturated rings. The Morgan fingerprint density at radius 1 is 1.27 bits per heavy atom. The average Bonchev–Trinajstić information content (AvgIpc) is 3.01. The fraction of sp³-hybridized carbons (Fsp3) is 0.353. The molecule has 0 bridgehead atoms. The zero-order chi connectivity index (χ0) is 18.7. The number of ether oxygens (including phenoxy) is 1. The fourth-order valence-corrected chi connectivity index (χ4v) is 4.57. The molecule has 1 aromatic heterocycles. The van der Waals surface area contributed by atoms with Crippen molar-refractivity contribution in [2.75, 3.05) is 31.0 Å². The number of nitrogens with one attached hydrogen (secondary N) is 1. The molecule has 1 saturated heterocycles. The van der Waals surface area contributed by atoms with Crippen LogP contribution in [0.15, 0.2) is 36.7 Å². The molecule has 0 radical (unpaired) electrons. The summed E-state index contributed by atoms with van der Waals surface area (Å²) < 4.78 is 28.4. The molecule has 0 saturated carbocycles. The van der Waals surface area contributed by atoms with Gasteiger partial charge in [0.2, 0.25) is 0 Å². The number of amides is 1. The van der Waals surface area contributed by atoms with E-state index >= 15 is 0 Å². The third-order valence-corrected chi connectivity index (χ3v) is 6.08. The third-order valence-electron chi connectivity index (χ3n) is 4.33. The highest BCUT2D eigenvalue weighted by Gasteiger charge is 2.33. The lowest BCUT2D eigenvalue weighted by atomic mass is 10.2. The second-order valence-electron chi connectivity index (χ2n) is 6.11. The van der Waals surface area contributed by atoms with Crippen molar-refractivity contribution in [3.63, 3.8) is 0 Å². The Labute approximate surface area is 152 Å². The van der Waals surface area contributed by atoms with E-state index in [-0.39, 0.29) is 29.1 Å². The Morgan fingerprint density at radius 2 is 2.00 bits per heavy atom. The van der Waals surface area contributed by atoms with Gasteiger partial charge in [-0.25, -0.2) is 18.4 Å².